The van der Waals surface area contributed by atoms with Crippen LogP contribution in [0.2, 0.25) is 0 Å². The molecule has 0 rings (SSSR count). The second-order valence-corrected chi connectivity index (χ2v) is 17.0. The molecule has 0 fully saturated rings. The van der Waals surface area contributed by atoms with Crippen LogP contribution >= 0.6 is 0 Å². The summed E-state index contributed by atoms with van der Waals surface area (Å²) >= 11 is 0. The molecule has 326 valence electrons. The van der Waals surface area contributed by atoms with Gasteiger partial charge in [-0.2, -0.15) is 0 Å². The SMILES string of the molecule is CCCCCCCCCCC/C=C\CCCCCCCCC(O)C(=O)NC(CO)C(O)/C=C/CCCCCCCCCCCCCCCCCCCCCC. The zero-order chi connectivity index (χ0) is 40.1. The molecule has 1 amide bonds. The third-order valence-corrected chi connectivity index (χ3v) is 11.5. The van der Waals surface area contributed by atoms with Gasteiger partial charge in [0.1, 0.15) is 6.10 Å². The van der Waals surface area contributed by atoms with Crippen LogP contribution in [0, 0.1) is 0 Å². The Hall–Kier alpha value is -1.17. The maximum absolute atomic E-state index is 12.5. The molecule has 4 N–H and O–H groups in total. The molecule has 5 heteroatoms. The number of hydrogen-bond donors (Lipinski definition) is 4. The van der Waals surface area contributed by atoms with Crippen molar-refractivity contribution in [3.8, 4) is 0 Å². The van der Waals surface area contributed by atoms with E-state index in [0.717, 1.165) is 32.1 Å². The molecule has 0 saturated carbocycles. The molecule has 0 aliphatic carbocycles. The molecule has 0 aromatic heterocycles. The van der Waals surface area contributed by atoms with Gasteiger partial charge in [-0.25, -0.2) is 0 Å². The lowest BCUT2D eigenvalue weighted by Crippen LogP contribution is -2.48. The van der Waals surface area contributed by atoms with Gasteiger partial charge in [-0.3, -0.25) is 4.79 Å². The Kier molecular flexibility index (Phi) is 44.6. The first-order valence-corrected chi connectivity index (χ1v) is 24.7. The second-order valence-electron chi connectivity index (χ2n) is 17.0. The Morgan fingerprint density at radius 1 is 0.436 bits per heavy atom. The van der Waals surface area contributed by atoms with Crippen LogP contribution in [0.3, 0.4) is 0 Å². The van der Waals surface area contributed by atoms with Gasteiger partial charge in [0, 0.05) is 0 Å². The van der Waals surface area contributed by atoms with Crippen LogP contribution in [-0.4, -0.2) is 46.1 Å². The van der Waals surface area contributed by atoms with Crippen LogP contribution < -0.4 is 5.32 Å². The molecule has 0 saturated heterocycles. The Balaban J connectivity index is 3.63. The summed E-state index contributed by atoms with van der Waals surface area (Å²) in [6.45, 7) is 4.20. The number of hydrogen-bond acceptors (Lipinski definition) is 4. The summed E-state index contributed by atoms with van der Waals surface area (Å²) in [4.78, 5) is 12.5. The normalized spacial score (nSPS) is 13.6. The van der Waals surface area contributed by atoms with Crippen molar-refractivity contribution >= 4 is 5.91 Å². The van der Waals surface area contributed by atoms with Gasteiger partial charge in [-0.15, -0.1) is 0 Å². The first-order valence-electron chi connectivity index (χ1n) is 24.7. The third-order valence-electron chi connectivity index (χ3n) is 11.5. The number of rotatable bonds is 45. The van der Waals surface area contributed by atoms with Gasteiger partial charge in [0.05, 0.1) is 18.8 Å². The standard InChI is InChI=1S/C50H97NO4/c1-3-5-7-9-11-13-15-17-19-21-23-24-25-27-28-30-32-34-36-38-40-42-44-48(53)47(46-52)51-50(55)49(54)45-43-41-39-37-35-33-31-29-26-22-20-18-16-14-12-10-8-6-4-2/h26,29,42,44,47-49,52-54H,3-25,27-28,30-41,43,45-46H2,1-2H3,(H,51,55)/b29-26-,44-42+. The van der Waals surface area contributed by atoms with Crippen LogP contribution in [0.5, 0.6) is 0 Å². The highest BCUT2D eigenvalue weighted by molar-refractivity contribution is 5.80. The van der Waals surface area contributed by atoms with E-state index in [-0.39, 0.29) is 6.61 Å². The minimum absolute atomic E-state index is 0.363. The first kappa shape index (κ1) is 53.8. The molecule has 0 aromatic rings. The summed E-state index contributed by atoms with van der Waals surface area (Å²) in [7, 11) is 0. The molecular formula is C50H97NO4. The minimum Gasteiger partial charge on any atom is -0.394 e. The van der Waals surface area contributed by atoms with Crippen molar-refractivity contribution in [3.63, 3.8) is 0 Å². The molecule has 3 atom stereocenters. The van der Waals surface area contributed by atoms with Gasteiger partial charge in [0.2, 0.25) is 5.91 Å². The number of carbonyl (C=O) groups is 1. The summed E-state index contributed by atoms with van der Waals surface area (Å²) in [6.07, 6.45) is 56.5. The Morgan fingerprint density at radius 2 is 0.727 bits per heavy atom. The van der Waals surface area contributed by atoms with Gasteiger partial charge >= 0.3 is 0 Å². The number of aliphatic hydroxyl groups is 3. The first-order chi connectivity index (χ1) is 27.1. The molecule has 0 spiro atoms. The van der Waals surface area contributed by atoms with E-state index in [1.165, 1.54) is 212 Å². The fourth-order valence-corrected chi connectivity index (χ4v) is 7.65. The lowest BCUT2D eigenvalue weighted by atomic mass is 10.0. The predicted octanol–water partition coefficient (Wildman–Crippen LogP) is 14.6. The average Bonchev–Trinajstić information content (AvgIpc) is 3.19. The van der Waals surface area contributed by atoms with E-state index in [1.54, 1.807) is 6.08 Å². The van der Waals surface area contributed by atoms with Gasteiger partial charge in [-0.05, 0) is 44.9 Å². The van der Waals surface area contributed by atoms with E-state index in [4.69, 9.17) is 0 Å². The molecule has 5 nitrogen and oxygen atoms in total. The second kappa shape index (κ2) is 45.5. The van der Waals surface area contributed by atoms with Crippen molar-refractivity contribution in [2.75, 3.05) is 6.61 Å². The summed E-state index contributed by atoms with van der Waals surface area (Å²) in [6, 6.07) is -0.799. The summed E-state index contributed by atoms with van der Waals surface area (Å²) in [5, 5.41) is 33.3. The van der Waals surface area contributed by atoms with E-state index < -0.39 is 24.2 Å². The molecule has 0 aliphatic rings. The zero-order valence-electron chi connectivity index (χ0n) is 37.1. The zero-order valence-corrected chi connectivity index (χ0v) is 37.1. The highest BCUT2D eigenvalue weighted by atomic mass is 16.3. The number of amides is 1. The van der Waals surface area contributed by atoms with E-state index in [0.29, 0.717) is 6.42 Å². The number of unbranched alkanes of at least 4 members (excludes halogenated alkanes) is 35. The largest absolute Gasteiger partial charge is 0.394 e. The van der Waals surface area contributed by atoms with Gasteiger partial charge in [-0.1, -0.05) is 244 Å². The van der Waals surface area contributed by atoms with Gasteiger partial charge in [0.15, 0.2) is 0 Å². The highest BCUT2D eigenvalue weighted by Crippen LogP contribution is 2.16. The van der Waals surface area contributed by atoms with Gasteiger partial charge in [0.25, 0.3) is 0 Å². The molecule has 0 aromatic carbocycles. The van der Waals surface area contributed by atoms with Crippen molar-refractivity contribution in [1.29, 1.82) is 0 Å². The van der Waals surface area contributed by atoms with Gasteiger partial charge < -0.3 is 20.6 Å². The van der Waals surface area contributed by atoms with Crippen molar-refractivity contribution < 1.29 is 20.1 Å². The summed E-state index contributed by atoms with van der Waals surface area (Å²) < 4.78 is 0. The maximum atomic E-state index is 12.5. The smallest absolute Gasteiger partial charge is 0.249 e. The fourth-order valence-electron chi connectivity index (χ4n) is 7.65. The fraction of sp³-hybridized carbons (Fsp3) is 0.900. The lowest BCUT2D eigenvalue weighted by Gasteiger charge is -2.21. The number of allylic oxidation sites excluding steroid dienone is 3. The summed E-state index contributed by atoms with van der Waals surface area (Å²) in [5.41, 5.74) is 0. The molecule has 55 heavy (non-hydrogen) atoms. The topological polar surface area (TPSA) is 89.8 Å². The van der Waals surface area contributed by atoms with Crippen molar-refractivity contribution in [1.82, 2.24) is 5.32 Å². The van der Waals surface area contributed by atoms with E-state index >= 15 is 0 Å². The quantitative estimate of drug-likeness (QED) is 0.0366. The minimum atomic E-state index is -1.10. The molecule has 0 aliphatic heterocycles. The van der Waals surface area contributed by atoms with Crippen LogP contribution in [0.15, 0.2) is 24.3 Å². The molecule has 0 radical (unpaired) electrons. The van der Waals surface area contributed by atoms with E-state index in [2.05, 4.69) is 31.3 Å². The Labute approximate surface area is 343 Å². The molecular weight excluding hydrogens is 679 g/mol. The predicted molar refractivity (Wildman–Crippen MR) is 241 cm³/mol. The van der Waals surface area contributed by atoms with Crippen molar-refractivity contribution in [2.45, 2.75) is 283 Å². The van der Waals surface area contributed by atoms with E-state index in [1.807, 2.05) is 6.08 Å². The monoisotopic (exact) mass is 776 g/mol. The number of aliphatic hydroxyl groups excluding tert-OH is 3. The lowest BCUT2D eigenvalue weighted by molar-refractivity contribution is -0.131. The third kappa shape index (κ3) is 40.8. The van der Waals surface area contributed by atoms with Crippen molar-refractivity contribution in [2.24, 2.45) is 0 Å². The van der Waals surface area contributed by atoms with Crippen LogP contribution in [0.25, 0.3) is 0 Å². The van der Waals surface area contributed by atoms with Crippen molar-refractivity contribution in [3.05, 3.63) is 24.3 Å². The van der Waals surface area contributed by atoms with Crippen LogP contribution in [-0.2, 0) is 4.79 Å². The van der Waals surface area contributed by atoms with Crippen LogP contribution in [0.4, 0.5) is 0 Å². The molecule has 0 bridgehead atoms. The Morgan fingerprint density at radius 3 is 1.05 bits per heavy atom. The molecule has 0 heterocycles. The van der Waals surface area contributed by atoms with E-state index in [9.17, 15) is 20.1 Å². The Bertz CT molecular complexity index is 814. The number of nitrogens with one attached hydrogen (secondary N) is 1. The van der Waals surface area contributed by atoms with Crippen LogP contribution in [0.1, 0.15) is 264 Å². The maximum Gasteiger partial charge on any atom is 0.249 e. The highest BCUT2D eigenvalue weighted by Gasteiger charge is 2.22. The average molecular weight is 776 g/mol. The number of carbonyl (C=O) groups excluding carboxylic acids is 1. The molecule has 3 unspecified atom stereocenters. The summed E-state index contributed by atoms with van der Waals surface area (Å²) in [5.74, 6) is -0.505.